The smallest absolute Gasteiger partial charge is 0.260 e. The molecule has 0 bridgehead atoms. The summed E-state index contributed by atoms with van der Waals surface area (Å²) in [5.41, 5.74) is 2.25. The number of aryl methyl sites for hydroxylation is 1. The van der Waals surface area contributed by atoms with E-state index in [1.54, 1.807) is 6.33 Å². The van der Waals surface area contributed by atoms with Gasteiger partial charge in [-0.15, -0.1) is 0 Å². The molecular formula is C27H36N5O4P. The van der Waals surface area contributed by atoms with Gasteiger partial charge in [-0.25, -0.2) is 14.6 Å². The monoisotopic (exact) mass is 525 g/mol. The molecule has 5 heterocycles. The third kappa shape index (κ3) is 4.45. The quantitative estimate of drug-likeness (QED) is 0.349. The highest BCUT2D eigenvalue weighted by atomic mass is 31.2. The number of nitrogens with zero attached hydrogens (tertiary/aromatic N) is 5. The summed E-state index contributed by atoms with van der Waals surface area (Å²) in [6.07, 6.45) is 6.22. The van der Waals surface area contributed by atoms with Crippen molar-refractivity contribution in [2.75, 3.05) is 13.2 Å². The molecule has 9 nitrogen and oxygen atoms in total. The van der Waals surface area contributed by atoms with Gasteiger partial charge in [-0.05, 0) is 45.1 Å². The molecule has 0 spiro atoms. The van der Waals surface area contributed by atoms with Crippen molar-refractivity contribution >= 4 is 19.7 Å². The predicted octanol–water partition coefficient (Wildman–Crippen LogP) is 5.64. The van der Waals surface area contributed by atoms with E-state index < -0.39 is 8.53 Å². The zero-order chi connectivity index (χ0) is 25.6. The third-order valence-corrected chi connectivity index (χ3v) is 9.63. The fourth-order valence-electron chi connectivity index (χ4n) is 5.84. The van der Waals surface area contributed by atoms with Crippen LogP contribution in [0.1, 0.15) is 70.5 Å². The number of fused-ring (bicyclic) bond motifs is 2. The molecule has 6 atom stereocenters. The normalized spacial score (nSPS) is 31.8. The van der Waals surface area contributed by atoms with Gasteiger partial charge >= 0.3 is 0 Å². The fraction of sp³-hybridized carbons (Fsp3) is 0.593. The van der Waals surface area contributed by atoms with Gasteiger partial charge in [0.25, 0.3) is 8.53 Å². The molecule has 0 saturated carbocycles. The van der Waals surface area contributed by atoms with Crippen molar-refractivity contribution in [3.8, 4) is 5.88 Å². The van der Waals surface area contributed by atoms with Crippen molar-refractivity contribution in [1.82, 2.24) is 24.2 Å². The molecular weight excluding hydrogens is 489 g/mol. The van der Waals surface area contributed by atoms with Crippen LogP contribution in [0.15, 0.2) is 36.7 Å². The number of aromatic nitrogens is 4. The summed E-state index contributed by atoms with van der Waals surface area (Å²) in [4.78, 5) is 13.7. The molecule has 3 aliphatic rings. The summed E-state index contributed by atoms with van der Waals surface area (Å²) in [6, 6.07) is 10.9. The fourth-order valence-corrected chi connectivity index (χ4v) is 7.99. The van der Waals surface area contributed by atoms with E-state index in [9.17, 15) is 0 Å². The summed E-state index contributed by atoms with van der Waals surface area (Å²) in [6.45, 7) is 9.92. The second kappa shape index (κ2) is 10.2. The van der Waals surface area contributed by atoms with E-state index in [-0.39, 0.29) is 24.0 Å². The highest BCUT2D eigenvalue weighted by Gasteiger charge is 2.56. The molecule has 1 aromatic carbocycles. The average Bonchev–Trinajstić information content (AvgIpc) is 3.68. The minimum absolute atomic E-state index is 0.0306. The van der Waals surface area contributed by atoms with E-state index in [2.05, 4.69) is 70.7 Å². The summed E-state index contributed by atoms with van der Waals surface area (Å²) >= 11 is 0. The lowest BCUT2D eigenvalue weighted by molar-refractivity contribution is -0.0163. The van der Waals surface area contributed by atoms with Gasteiger partial charge in [-0.2, -0.15) is 4.98 Å². The number of benzene rings is 1. The van der Waals surface area contributed by atoms with E-state index in [0.29, 0.717) is 36.3 Å². The molecule has 3 saturated heterocycles. The molecule has 0 unspecified atom stereocenters. The first kappa shape index (κ1) is 25.1. The highest BCUT2D eigenvalue weighted by molar-refractivity contribution is 7.45. The van der Waals surface area contributed by atoms with Crippen LogP contribution in [-0.4, -0.2) is 55.6 Å². The molecule has 198 valence electrons. The van der Waals surface area contributed by atoms with Gasteiger partial charge in [-0.3, -0.25) is 4.57 Å². The van der Waals surface area contributed by atoms with Crippen molar-refractivity contribution in [3.05, 3.63) is 48.0 Å². The Labute approximate surface area is 219 Å². The van der Waals surface area contributed by atoms with Crippen LogP contribution in [0, 0.1) is 6.92 Å². The lowest BCUT2D eigenvalue weighted by Gasteiger charge is -2.29. The van der Waals surface area contributed by atoms with Gasteiger partial charge in [0, 0.05) is 13.0 Å². The molecule has 2 aromatic heterocycles. The van der Waals surface area contributed by atoms with Gasteiger partial charge in [0.2, 0.25) is 5.88 Å². The highest BCUT2D eigenvalue weighted by Crippen LogP contribution is 2.64. The number of hydrogen-bond acceptors (Lipinski definition) is 8. The van der Waals surface area contributed by atoms with E-state index >= 15 is 0 Å². The largest absolute Gasteiger partial charge is 0.476 e. The molecule has 3 aliphatic heterocycles. The molecule has 37 heavy (non-hydrogen) atoms. The second-order valence-electron chi connectivity index (χ2n) is 10.3. The summed E-state index contributed by atoms with van der Waals surface area (Å²) in [5, 5.41) is 0. The van der Waals surface area contributed by atoms with Crippen molar-refractivity contribution in [1.29, 1.82) is 0 Å². The maximum Gasteiger partial charge on any atom is 0.260 e. The maximum absolute atomic E-state index is 6.80. The average molecular weight is 526 g/mol. The van der Waals surface area contributed by atoms with Crippen LogP contribution in [0.5, 0.6) is 5.88 Å². The first-order chi connectivity index (χ1) is 18.0. The number of imidazole rings is 1. The number of hydrogen-bond donors (Lipinski definition) is 0. The lowest BCUT2D eigenvalue weighted by Crippen LogP contribution is -2.36. The molecule has 10 heteroatoms. The van der Waals surface area contributed by atoms with E-state index in [4.69, 9.17) is 18.5 Å². The number of ether oxygens (including phenoxy) is 2. The minimum atomic E-state index is -1.19. The Hall–Kier alpha value is -2.16. The molecule has 3 aromatic rings. The minimum Gasteiger partial charge on any atom is -0.476 e. The van der Waals surface area contributed by atoms with Gasteiger partial charge in [-0.1, -0.05) is 44.2 Å². The van der Waals surface area contributed by atoms with Crippen LogP contribution in [0.3, 0.4) is 0 Å². The van der Waals surface area contributed by atoms with Crippen LogP contribution < -0.4 is 4.74 Å². The first-order valence-corrected chi connectivity index (χ1v) is 14.6. The van der Waals surface area contributed by atoms with Crippen LogP contribution in [-0.2, 0) is 19.4 Å². The Morgan fingerprint density at radius 3 is 2.81 bits per heavy atom. The molecule has 6 rings (SSSR count). The molecule has 0 aliphatic carbocycles. The van der Waals surface area contributed by atoms with E-state index in [1.807, 2.05) is 11.5 Å². The molecule has 0 amide bonds. The van der Waals surface area contributed by atoms with Crippen molar-refractivity contribution in [2.24, 2.45) is 0 Å². The van der Waals surface area contributed by atoms with Crippen molar-refractivity contribution < 1.29 is 18.5 Å². The third-order valence-electron chi connectivity index (χ3n) is 7.75. The van der Waals surface area contributed by atoms with Gasteiger partial charge in [0.05, 0.1) is 31.2 Å². The van der Waals surface area contributed by atoms with Gasteiger partial charge in [0.1, 0.15) is 17.7 Å². The first-order valence-electron chi connectivity index (χ1n) is 13.5. The number of rotatable bonds is 8. The summed E-state index contributed by atoms with van der Waals surface area (Å²) in [7, 11) is -1.19. The van der Waals surface area contributed by atoms with Crippen LogP contribution >= 0.6 is 8.53 Å². The topological polar surface area (TPSA) is 83.8 Å². The van der Waals surface area contributed by atoms with Crippen molar-refractivity contribution in [3.63, 3.8) is 0 Å². The van der Waals surface area contributed by atoms with Crippen LogP contribution in [0.25, 0.3) is 11.2 Å². The van der Waals surface area contributed by atoms with Crippen molar-refractivity contribution in [2.45, 2.75) is 89.9 Å². The van der Waals surface area contributed by atoms with Crippen LogP contribution in [0.4, 0.5) is 0 Å². The lowest BCUT2D eigenvalue weighted by atomic mass is 9.87. The summed E-state index contributed by atoms with van der Waals surface area (Å²) in [5.74, 6) is 1.19. The Kier molecular flexibility index (Phi) is 6.92. The molecule has 3 fully saturated rings. The van der Waals surface area contributed by atoms with Gasteiger partial charge in [0.15, 0.2) is 11.2 Å². The zero-order valence-electron chi connectivity index (χ0n) is 22.0. The Bertz CT molecular complexity index is 1240. The SMILES string of the molecule is CCCOc1nc(C)nc2c1ncn2[C@H]1C[C@@H](O[P@@]2O[C@](C)(c3ccccc3)[C@@H]3CCCN32)[C@@H](CC)O1. The molecule has 0 radical (unpaired) electrons. The van der Waals surface area contributed by atoms with E-state index in [0.717, 1.165) is 31.5 Å². The molecule has 0 N–H and O–H groups in total. The Morgan fingerprint density at radius 1 is 1.19 bits per heavy atom. The maximum atomic E-state index is 6.80. The van der Waals surface area contributed by atoms with Gasteiger partial charge < -0.3 is 18.5 Å². The zero-order valence-corrected chi connectivity index (χ0v) is 22.9. The standard InChI is InChI=1S/C27H36N5O4P/c1-5-15-33-26-24-25(29-18(3)30-26)31(17-28-24)23-16-21(20(6-2)34-23)35-37-32-14-10-13-22(32)27(4,36-37)19-11-8-7-9-12-19/h7-9,11-12,17,20-23H,5-6,10,13-16H2,1-4H3/t20-,21-,22+,23-,27-,37+/m1/s1. The Morgan fingerprint density at radius 2 is 2.03 bits per heavy atom. The second-order valence-corrected chi connectivity index (χ2v) is 11.7. The summed E-state index contributed by atoms with van der Waals surface area (Å²) < 4.78 is 30.4. The Balaban J connectivity index is 1.23. The predicted molar refractivity (Wildman–Crippen MR) is 141 cm³/mol. The van der Waals surface area contributed by atoms with Crippen LogP contribution in [0.2, 0.25) is 0 Å². The van der Waals surface area contributed by atoms with E-state index in [1.165, 1.54) is 12.0 Å².